The molecule has 0 aliphatic carbocycles. The summed E-state index contributed by atoms with van der Waals surface area (Å²) in [5.41, 5.74) is 0. The van der Waals surface area contributed by atoms with Crippen molar-refractivity contribution in [1.82, 2.24) is 0 Å². The van der Waals surface area contributed by atoms with Gasteiger partial charge in [0.25, 0.3) is 0 Å². The van der Waals surface area contributed by atoms with E-state index in [1.54, 1.807) is 0 Å². The zero-order valence-corrected chi connectivity index (χ0v) is 23.9. The Balaban J connectivity index is 1.51. The summed E-state index contributed by atoms with van der Waals surface area (Å²) in [6.07, 6.45) is -13.4. The maximum Gasteiger partial charge on any atom is 0.110 e. The van der Waals surface area contributed by atoms with E-state index in [-0.39, 0.29) is 39.6 Å². The van der Waals surface area contributed by atoms with E-state index in [0.29, 0.717) is 0 Å². The van der Waals surface area contributed by atoms with Crippen LogP contribution in [0.25, 0.3) is 0 Å². The van der Waals surface area contributed by atoms with E-state index in [2.05, 4.69) is 0 Å². The minimum absolute atomic E-state index is 0.0178. The summed E-state index contributed by atoms with van der Waals surface area (Å²) in [6, 6.07) is 0. The Labute approximate surface area is 244 Å². The molecule has 0 bridgehead atoms. The van der Waals surface area contributed by atoms with Gasteiger partial charge in [-0.25, -0.2) is 0 Å². The van der Waals surface area contributed by atoms with Gasteiger partial charge >= 0.3 is 0 Å². The second-order valence-corrected chi connectivity index (χ2v) is 11.1. The first-order chi connectivity index (χ1) is 20.1. The van der Waals surface area contributed by atoms with Gasteiger partial charge in [0.2, 0.25) is 0 Å². The van der Waals surface area contributed by atoms with Gasteiger partial charge in [-0.05, 0) is 0 Å². The van der Waals surface area contributed by atoms with E-state index < -0.39 is 111 Å². The molecule has 0 aromatic carbocycles. The fraction of sp³-hybridized carbons (Fsp3) is 1.00. The highest BCUT2D eigenvalue weighted by Gasteiger charge is 2.47. The Morgan fingerprint density at radius 1 is 0.405 bits per heavy atom. The first kappa shape index (κ1) is 35.8. The molecule has 16 heteroatoms. The van der Waals surface area contributed by atoms with Crippen molar-refractivity contribution in [3.63, 3.8) is 0 Å². The Bertz CT molecular complexity index is 758. The predicted molar refractivity (Wildman–Crippen MR) is 139 cm³/mol. The van der Waals surface area contributed by atoms with E-state index >= 15 is 0 Å². The number of ether oxygens (including phenoxy) is 7. The first-order valence-electron chi connectivity index (χ1n) is 14.1. The Morgan fingerprint density at radius 2 is 0.714 bits per heavy atom. The molecule has 15 atom stereocenters. The molecule has 0 aromatic rings. The molecule has 15 unspecified atom stereocenters. The fourth-order valence-electron chi connectivity index (χ4n) is 5.86. The zero-order valence-electron chi connectivity index (χ0n) is 23.9. The Hall–Kier alpha value is -0.640. The van der Waals surface area contributed by atoms with Crippen LogP contribution < -0.4 is 0 Å². The molecule has 3 rings (SSSR count). The molecule has 42 heavy (non-hydrogen) atoms. The first-order valence-corrected chi connectivity index (χ1v) is 14.1. The summed E-state index contributed by atoms with van der Waals surface area (Å²) in [5.74, 6) is -2.32. The van der Waals surface area contributed by atoms with Crippen LogP contribution in [-0.4, -0.2) is 193 Å². The molecule has 0 radical (unpaired) electrons. The topological polar surface area (TPSA) is 247 Å². The van der Waals surface area contributed by atoms with Crippen LogP contribution in [0.5, 0.6) is 0 Å². The maximum atomic E-state index is 10.8. The van der Waals surface area contributed by atoms with Gasteiger partial charge in [-0.1, -0.05) is 0 Å². The third-order valence-corrected chi connectivity index (χ3v) is 8.40. The van der Waals surface area contributed by atoms with Crippen LogP contribution in [-0.2, 0) is 33.2 Å². The van der Waals surface area contributed by atoms with Gasteiger partial charge < -0.3 is 79.1 Å². The van der Waals surface area contributed by atoms with E-state index in [4.69, 9.17) is 33.2 Å². The standard InChI is InChI=1S/C26H48O16/c1-36-6-12-15(3-27)41-19(25(34)21(12)30)10-39-8-14-17(5-29)42-20(26(35)23(14)32)11-38-7-13-16(4-28)40-18(9-37-2)24(33)22(13)31/h12-35H,3-11H2,1-2H3. The molecule has 3 heterocycles. The lowest BCUT2D eigenvalue weighted by Gasteiger charge is -2.44. The lowest BCUT2D eigenvalue weighted by Crippen LogP contribution is -2.59. The van der Waals surface area contributed by atoms with Crippen LogP contribution in [0, 0.1) is 17.8 Å². The highest BCUT2D eigenvalue weighted by Crippen LogP contribution is 2.31. The number of hydrogen-bond acceptors (Lipinski definition) is 16. The Morgan fingerprint density at radius 3 is 1.02 bits per heavy atom. The molecule has 0 spiro atoms. The van der Waals surface area contributed by atoms with Crippen molar-refractivity contribution in [2.45, 2.75) is 73.2 Å². The second kappa shape index (κ2) is 17.2. The minimum Gasteiger partial charge on any atom is -0.394 e. The number of hydrogen-bond donors (Lipinski definition) is 9. The van der Waals surface area contributed by atoms with Crippen molar-refractivity contribution in [3.05, 3.63) is 0 Å². The van der Waals surface area contributed by atoms with Crippen LogP contribution in [0.4, 0.5) is 0 Å². The van der Waals surface area contributed by atoms with E-state index in [0.717, 1.165) is 0 Å². The van der Waals surface area contributed by atoms with Crippen molar-refractivity contribution in [3.8, 4) is 0 Å². The third-order valence-electron chi connectivity index (χ3n) is 8.40. The molecule has 9 N–H and O–H groups in total. The van der Waals surface area contributed by atoms with Gasteiger partial charge in [0.15, 0.2) is 0 Å². The SMILES string of the molecule is COCC1OC(CO)C(COCC2OC(CO)C(COCC3OC(CO)C(COC)C(O)C3O)C(O)C2O)C(O)C1O. The predicted octanol–water partition coefficient (Wildman–Crippen LogP) is -5.39. The third kappa shape index (κ3) is 8.33. The smallest absolute Gasteiger partial charge is 0.110 e. The van der Waals surface area contributed by atoms with Gasteiger partial charge in [-0.3, -0.25) is 0 Å². The van der Waals surface area contributed by atoms with Crippen molar-refractivity contribution >= 4 is 0 Å². The Kier molecular flexibility index (Phi) is 14.6. The zero-order chi connectivity index (χ0) is 31.0. The molecule has 0 saturated carbocycles. The van der Waals surface area contributed by atoms with E-state index in [1.807, 2.05) is 0 Å². The molecule has 3 aliphatic rings. The molecule has 0 aromatic heterocycles. The van der Waals surface area contributed by atoms with Gasteiger partial charge in [-0.15, -0.1) is 0 Å². The molecule has 0 amide bonds. The minimum atomic E-state index is -1.44. The van der Waals surface area contributed by atoms with Crippen molar-refractivity contribution in [2.75, 3.05) is 73.7 Å². The molecule has 3 fully saturated rings. The summed E-state index contributed by atoms with van der Waals surface area (Å²) in [7, 11) is 2.84. The van der Waals surface area contributed by atoms with E-state index in [9.17, 15) is 46.0 Å². The van der Waals surface area contributed by atoms with Crippen LogP contribution in [0.2, 0.25) is 0 Å². The summed E-state index contributed by atoms with van der Waals surface area (Å²) < 4.78 is 38.4. The summed E-state index contributed by atoms with van der Waals surface area (Å²) in [5, 5.41) is 92.6. The monoisotopic (exact) mass is 616 g/mol. The van der Waals surface area contributed by atoms with Crippen molar-refractivity contribution in [1.29, 1.82) is 0 Å². The summed E-state index contributed by atoms with van der Waals surface area (Å²) in [6.45, 7) is -2.11. The quantitative estimate of drug-likeness (QED) is 0.0833. The second-order valence-electron chi connectivity index (χ2n) is 11.1. The number of aliphatic hydroxyl groups is 9. The average molecular weight is 617 g/mol. The summed E-state index contributed by atoms with van der Waals surface area (Å²) >= 11 is 0. The highest BCUT2D eigenvalue weighted by molar-refractivity contribution is 4.95. The summed E-state index contributed by atoms with van der Waals surface area (Å²) in [4.78, 5) is 0. The largest absolute Gasteiger partial charge is 0.394 e. The van der Waals surface area contributed by atoms with Crippen LogP contribution in [0.15, 0.2) is 0 Å². The molecule has 248 valence electrons. The van der Waals surface area contributed by atoms with Crippen LogP contribution in [0.3, 0.4) is 0 Å². The van der Waals surface area contributed by atoms with Crippen molar-refractivity contribution < 1.29 is 79.1 Å². The van der Waals surface area contributed by atoms with Crippen LogP contribution >= 0.6 is 0 Å². The fourth-order valence-corrected chi connectivity index (χ4v) is 5.86. The number of rotatable bonds is 15. The normalized spacial score (nSPS) is 44.8. The number of aliphatic hydroxyl groups excluding tert-OH is 9. The molecular weight excluding hydrogens is 568 g/mol. The van der Waals surface area contributed by atoms with Crippen molar-refractivity contribution in [2.24, 2.45) is 17.8 Å². The average Bonchev–Trinajstić information content (AvgIpc) is 2.99. The van der Waals surface area contributed by atoms with Gasteiger partial charge in [0.1, 0.15) is 36.6 Å². The van der Waals surface area contributed by atoms with Gasteiger partial charge in [0.05, 0.1) is 96.1 Å². The highest BCUT2D eigenvalue weighted by atomic mass is 16.6. The van der Waals surface area contributed by atoms with Gasteiger partial charge in [-0.2, -0.15) is 0 Å². The lowest BCUT2D eigenvalue weighted by molar-refractivity contribution is -0.248. The molecular formula is C26H48O16. The van der Waals surface area contributed by atoms with Crippen LogP contribution in [0.1, 0.15) is 0 Å². The van der Waals surface area contributed by atoms with E-state index in [1.165, 1.54) is 14.2 Å². The molecule has 16 nitrogen and oxygen atoms in total. The lowest BCUT2D eigenvalue weighted by atomic mass is 9.86. The molecule has 3 saturated heterocycles. The maximum absolute atomic E-state index is 10.8. The molecule has 3 aliphatic heterocycles. The van der Waals surface area contributed by atoms with Gasteiger partial charge in [0, 0.05) is 32.0 Å². The number of methoxy groups -OCH3 is 2.